The van der Waals surface area contributed by atoms with Crippen LogP contribution in [0.1, 0.15) is 19.8 Å². The topological polar surface area (TPSA) is 67.2 Å². The molecule has 1 aromatic carbocycles. The van der Waals surface area contributed by atoms with E-state index in [-0.39, 0.29) is 17.0 Å². The Kier molecular flexibility index (Phi) is 5.30. The van der Waals surface area contributed by atoms with Crippen molar-refractivity contribution >= 4 is 34.8 Å². The predicted molar refractivity (Wildman–Crippen MR) is 98.8 cm³/mol. The van der Waals surface area contributed by atoms with Crippen molar-refractivity contribution in [2.45, 2.75) is 25.8 Å². The fourth-order valence-electron chi connectivity index (χ4n) is 2.85. The fraction of sp³-hybridized carbons (Fsp3) is 0.353. The maximum Gasteiger partial charge on any atom is 0.292 e. The monoisotopic (exact) mass is 380 g/mol. The summed E-state index contributed by atoms with van der Waals surface area (Å²) in [5, 5.41) is 8.06. The molecule has 1 unspecified atom stereocenters. The summed E-state index contributed by atoms with van der Waals surface area (Å²) < 4.78 is 1.23. The minimum Gasteiger partial charge on any atom is -0.378 e. The lowest BCUT2D eigenvalue weighted by atomic mass is 10.2. The molecular weight excluding hydrogens is 363 g/mol. The fourth-order valence-corrected chi connectivity index (χ4v) is 3.16. The maximum absolute atomic E-state index is 12.5. The second-order valence-electron chi connectivity index (χ2n) is 5.89. The lowest BCUT2D eigenvalue weighted by Gasteiger charge is -2.17. The van der Waals surface area contributed by atoms with Gasteiger partial charge in [0.15, 0.2) is 0 Å². The number of hydrogen-bond donors (Lipinski definition) is 1. The van der Waals surface area contributed by atoms with Gasteiger partial charge in [0, 0.05) is 30.6 Å². The Morgan fingerprint density at radius 2 is 2.04 bits per heavy atom. The lowest BCUT2D eigenvalue weighted by Crippen LogP contribution is -2.31. The van der Waals surface area contributed by atoms with Crippen molar-refractivity contribution in [1.82, 2.24) is 14.7 Å². The second-order valence-corrected chi connectivity index (χ2v) is 6.70. The molecule has 0 spiro atoms. The first-order chi connectivity index (χ1) is 12.0. The Labute approximate surface area is 155 Å². The zero-order chi connectivity index (χ0) is 18.0. The van der Waals surface area contributed by atoms with Gasteiger partial charge in [-0.15, -0.1) is 0 Å². The summed E-state index contributed by atoms with van der Waals surface area (Å²) >= 11 is 12.1. The molecule has 1 aromatic heterocycles. The number of nitrogens with zero attached hydrogens (tertiary/aromatic N) is 3. The number of anilines is 1. The molecule has 2 heterocycles. The average Bonchev–Trinajstić information content (AvgIpc) is 3.08. The summed E-state index contributed by atoms with van der Waals surface area (Å²) in [5.41, 5.74) is 0.657. The van der Waals surface area contributed by atoms with E-state index in [1.165, 1.54) is 10.9 Å². The van der Waals surface area contributed by atoms with Gasteiger partial charge in [0.05, 0.1) is 17.6 Å². The van der Waals surface area contributed by atoms with E-state index < -0.39 is 5.56 Å². The first-order valence-corrected chi connectivity index (χ1v) is 8.83. The highest BCUT2D eigenvalue weighted by atomic mass is 35.5. The number of carbonyl (C=O) groups is 1. The van der Waals surface area contributed by atoms with E-state index in [4.69, 9.17) is 23.2 Å². The summed E-state index contributed by atoms with van der Waals surface area (Å²) in [6.45, 7) is 3.15. The molecule has 25 heavy (non-hydrogen) atoms. The summed E-state index contributed by atoms with van der Waals surface area (Å²) in [7, 11) is 0. The normalized spacial score (nSPS) is 16.9. The molecule has 2 aromatic rings. The Hall–Kier alpha value is -2.05. The summed E-state index contributed by atoms with van der Waals surface area (Å²) in [6.07, 6.45) is 2.83. The van der Waals surface area contributed by atoms with Crippen LogP contribution in [0.3, 0.4) is 0 Å². The number of nitrogens with one attached hydrogen (secondary N) is 1. The van der Waals surface area contributed by atoms with Crippen molar-refractivity contribution in [3.63, 3.8) is 0 Å². The highest BCUT2D eigenvalue weighted by molar-refractivity contribution is 6.33. The lowest BCUT2D eigenvalue weighted by molar-refractivity contribution is -0.129. The van der Waals surface area contributed by atoms with E-state index >= 15 is 0 Å². The number of amides is 1. The van der Waals surface area contributed by atoms with Gasteiger partial charge in [-0.05, 0) is 30.7 Å². The van der Waals surface area contributed by atoms with Crippen LogP contribution in [0.5, 0.6) is 0 Å². The van der Waals surface area contributed by atoms with Crippen molar-refractivity contribution < 1.29 is 4.79 Å². The van der Waals surface area contributed by atoms with Gasteiger partial charge in [0.1, 0.15) is 5.02 Å². The smallest absolute Gasteiger partial charge is 0.292 e. The van der Waals surface area contributed by atoms with Crippen LogP contribution in [0.4, 0.5) is 5.69 Å². The van der Waals surface area contributed by atoms with Crippen LogP contribution in [0, 0.1) is 0 Å². The molecule has 1 atom stereocenters. The van der Waals surface area contributed by atoms with Crippen LogP contribution < -0.4 is 10.9 Å². The van der Waals surface area contributed by atoms with Gasteiger partial charge in [-0.25, -0.2) is 0 Å². The first-order valence-electron chi connectivity index (χ1n) is 8.07. The van der Waals surface area contributed by atoms with Crippen LogP contribution in [0.2, 0.25) is 10.0 Å². The molecule has 0 bridgehead atoms. The van der Waals surface area contributed by atoms with E-state index in [9.17, 15) is 9.59 Å². The van der Waals surface area contributed by atoms with Crippen LogP contribution in [0.25, 0.3) is 5.69 Å². The first kappa shape index (κ1) is 17.8. The third-order valence-corrected chi connectivity index (χ3v) is 4.81. The minimum atomic E-state index is -0.409. The quantitative estimate of drug-likeness (QED) is 0.885. The van der Waals surface area contributed by atoms with Crippen molar-refractivity contribution in [3.05, 3.63) is 50.9 Å². The van der Waals surface area contributed by atoms with Gasteiger partial charge in [0.25, 0.3) is 5.56 Å². The Morgan fingerprint density at radius 3 is 2.72 bits per heavy atom. The average molecular weight is 381 g/mol. The van der Waals surface area contributed by atoms with Gasteiger partial charge in [-0.2, -0.15) is 9.78 Å². The summed E-state index contributed by atoms with van der Waals surface area (Å²) in [6, 6.07) is 6.82. The number of halogens is 2. The number of likely N-dealkylation sites (tertiary alicyclic amines) is 1. The van der Waals surface area contributed by atoms with E-state index in [0.717, 1.165) is 6.42 Å². The highest BCUT2D eigenvalue weighted by Gasteiger charge is 2.26. The Morgan fingerprint density at radius 1 is 1.32 bits per heavy atom. The van der Waals surface area contributed by atoms with Crippen molar-refractivity contribution in [2.24, 2.45) is 0 Å². The number of rotatable bonds is 4. The molecule has 1 aliphatic rings. The molecule has 8 heteroatoms. The molecule has 3 rings (SSSR count). The third-order valence-electron chi connectivity index (χ3n) is 4.19. The Bertz CT molecular complexity index is 836. The van der Waals surface area contributed by atoms with Gasteiger partial charge in [-0.1, -0.05) is 30.1 Å². The zero-order valence-corrected chi connectivity index (χ0v) is 15.2. The van der Waals surface area contributed by atoms with Crippen molar-refractivity contribution in [1.29, 1.82) is 0 Å². The van der Waals surface area contributed by atoms with E-state index in [2.05, 4.69) is 10.4 Å². The predicted octanol–water partition coefficient (Wildman–Crippen LogP) is 2.96. The van der Waals surface area contributed by atoms with E-state index in [1.807, 2.05) is 11.8 Å². The molecule has 1 amide bonds. The second kappa shape index (κ2) is 7.45. The standard InChI is InChI=1S/C17H18Cl2N4O2/c1-2-15(24)22-8-7-12(10-22)21-14-9-20-23(17(25)16(14)19)13-5-3-11(18)4-6-13/h3-6,9,12,21H,2,7-8,10H2,1H3. The summed E-state index contributed by atoms with van der Waals surface area (Å²) in [5.74, 6) is 0.131. The number of benzene rings is 1. The van der Waals surface area contributed by atoms with Crippen LogP contribution >= 0.6 is 23.2 Å². The highest BCUT2D eigenvalue weighted by Crippen LogP contribution is 2.21. The zero-order valence-electron chi connectivity index (χ0n) is 13.7. The molecule has 0 radical (unpaired) electrons. The van der Waals surface area contributed by atoms with Crippen LogP contribution in [-0.4, -0.2) is 39.7 Å². The maximum atomic E-state index is 12.5. The molecule has 1 N–H and O–H groups in total. The van der Waals surface area contributed by atoms with E-state index in [1.54, 1.807) is 24.3 Å². The molecule has 132 valence electrons. The van der Waals surface area contributed by atoms with E-state index in [0.29, 0.717) is 35.9 Å². The van der Waals surface area contributed by atoms with Gasteiger partial charge in [-0.3, -0.25) is 9.59 Å². The van der Waals surface area contributed by atoms with Crippen molar-refractivity contribution in [2.75, 3.05) is 18.4 Å². The van der Waals surface area contributed by atoms with Gasteiger partial charge in [0.2, 0.25) is 5.91 Å². The molecule has 6 nitrogen and oxygen atoms in total. The molecule has 1 fully saturated rings. The number of aromatic nitrogens is 2. The molecule has 1 saturated heterocycles. The van der Waals surface area contributed by atoms with Crippen LogP contribution in [-0.2, 0) is 4.79 Å². The molecular formula is C17H18Cl2N4O2. The molecule has 0 aliphatic carbocycles. The third kappa shape index (κ3) is 3.80. The number of hydrogen-bond acceptors (Lipinski definition) is 4. The minimum absolute atomic E-state index is 0.0561. The molecule has 1 aliphatic heterocycles. The van der Waals surface area contributed by atoms with Gasteiger partial charge < -0.3 is 10.2 Å². The largest absolute Gasteiger partial charge is 0.378 e. The van der Waals surface area contributed by atoms with Crippen molar-refractivity contribution in [3.8, 4) is 5.69 Å². The summed E-state index contributed by atoms with van der Waals surface area (Å²) in [4.78, 5) is 26.1. The van der Waals surface area contributed by atoms with Gasteiger partial charge >= 0.3 is 0 Å². The molecule has 0 saturated carbocycles. The van der Waals surface area contributed by atoms with Crippen LogP contribution in [0.15, 0.2) is 35.3 Å². The SMILES string of the molecule is CCC(=O)N1CCC(Nc2cnn(-c3ccc(Cl)cc3)c(=O)c2Cl)C1. The number of carbonyl (C=O) groups excluding carboxylic acids is 1. The Balaban J connectivity index is 1.78.